The minimum Gasteiger partial charge on any atom is -0.349 e. The van der Waals surface area contributed by atoms with Crippen LogP contribution in [0.2, 0.25) is 0 Å². The van der Waals surface area contributed by atoms with Gasteiger partial charge in [-0.05, 0) is 86.3 Å². The van der Waals surface area contributed by atoms with E-state index in [2.05, 4.69) is 31.4 Å². The summed E-state index contributed by atoms with van der Waals surface area (Å²) in [6.07, 6.45) is 7.43. The Labute approximate surface area is 168 Å². The molecule has 4 heteroatoms. The second kappa shape index (κ2) is 6.89. The number of nitrogens with one attached hydrogen (secondary N) is 2. The van der Waals surface area contributed by atoms with Gasteiger partial charge in [0.15, 0.2) is 0 Å². The molecule has 0 saturated heterocycles. The molecule has 4 bridgehead atoms. The van der Waals surface area contributed by atoms with Crippen LogP contribution in [-0.4, -0.2) is 23.4 Å². The topological polar surface area (TPSA) is 58.2 Å². The Morgan fingerprint density at radius 3 is 1.93 bits per heavy atom. The highest BCUT2D eigenvalue weighted by molar-refractivity contribution is 5.97. The van der Waals surface area contributed by atoms with E-state index in [1.807, 2.05) is 24.3 Å². The van der Waals surface area contributed by atoms with Gasteiger partial charge in [0.1, 0.15) is 6.04 Å². The molecule has 4 fully saturated rings. The maximum atomic E-state index is 12.9. The molecule has 0 aromatic heterocycles. The van der Waals surface area contributed by atoms with Crippen LogP contribution < -0.4 is 10.6 Å². The van der Waals surface area contributed by atoms with Crippen molar-refractivity contribution in [3.8, 4) is 0 Å². The van der Waals surface area contributed by atoms with Crippen molar-refractivity contribution >= 4 is 11.8 Å². The molecule has 1 aromatic rings. The molecule has 28 heavy (non-hydrogen) atoms. The molecule has 1 atom stereocenters. The lowest BCUT2D eigenvalue weighted by atomic mass is 9.53. The number of hydrogen-bond donors (Lipinski definition) is 2. The van der Waals surface area contributed by atoms with Crippen LogP contribution in [0.25, 0.3) is 0 Å². The van der Waals surface area contributed by atoms with Crippen LogP contribution in [0.4, 0.5) is 0 Å². The number of amides is 2. The highest BCUT2D eigenvalue weighted by Gasteiger charge is 2.51. The fourth-order valence-electron chi connectivity index (χ4n) is 6.10. The van der Waals surface area contributed by atoms with Crippen LogP contribution in [-0.2, 0) is 10.2 Å². The predicted octanol–water partition coefficient (Wildman–Crippen LogP) is 4.19. The number of carbonyl (C=O) groups excluding carboxylic acids is 2. The van der Waals surface area contributed by atoms with Crippen LogP contribution >= 0.6 is 0 Å². The molecule has 4 nitrogen and oxygen atoms in total. The van der Waals surface area contributed by atoms with Crippen molar-refractivity contribution in [3.05, 3.63) is 35.4 Å². The summed E-state index contributed by atoms with van der Waals surface area (Å²) in [7, 11) is 0. The van der Waals surface area contributed by atoms with Gasteiger partial charge in [-0.1, -0.05) is 32.9 Å². The van der Waals surface area contributed by atoms with Crippen molar-refractivity contribution in [3.63, 3.8) is 0 Å². The molecule has 1 unspecified atom stereocenters. The molecule has 0 heterocycles. The molecular weight excluding hydrogens is 348 g/mol. The number of carbonyl (C=O) groups is 2. The first-order valence-corrected chi connectivity index (χ1v) is 10.9. The van der Waals surface area contributed by atoms with Crippen LogP contribution in [0.3, 0.4) is 0 Å². The fourth-order valence-corrected chi connectivity index (χ4v) is 6.10. The van der Waals surface area contributed by atoms with Gasteiger partial charge in [0.25, 0.3) is 5.91 Å². The van der Waals surface area contributed by atoms with Crippen molar-refractivity contribution in [2.45, 2.75) is 83.2 Å². The summed E-state index contributed by atoms with van der Waals surface area (Å²) in [5.74, 6) is 2.14. The molecule has 5 rings (SSSR count). The molecule has 0 radical (unpaired) electrons. The first-order chi connectivity index (χ1) is 13.1. The first kappa shape index (κ1) is 19.5. The van der Waals surface area contributed by atoms with Crippen molar-refractivity contribution in [1.82, 2.24) is 10.6 Å². The van der Waals surface area contributed by atoms with Crippen LogP contribution in [0.1, 0.15) is 82.1 Å². The van der Waals surface area contributed by atoms with Gasteiger partial charge in [-0.15, -0.1) is 0 Å². The average Bonchev–Trinajstić information content (AvgIpc) is 2.59. The van der Waals surface area contributed by atoms with E-state index in [4.69, 9.17) is 0 Å². The van der Waals surface area contributed by atoms with Crippen LogP contribution in [0.5, 0.6) is 0 Å². The van der Waals surface area contributed by atoms with Crippen molar-refractivity contribution in [1.29, 1.82) is 0 Å². The Hall–Kier alpha value is -1.84. The van der Waals surface area contributed by atoms with E-state index in [1.165, 1.54) is 24.8 Å². The number of rotatable bonds is 4. The van der Waals surface area contributed by atoms with Gasteiger partial charge in [-0.2, -0.15) is 0 Å². The van der Waals surface area contributed by atoms with Gasteiger partial charge in [-0.3, -0.25) is 9.59 Å². The summed E-state index contributed by atoms with van der Waals surface area (Å²) in [6, 6.07) is 7.16. The smallest absolute Gasteiger partial charge is 0.251 e. The third-order valence-corrected chi connectivity index (χ3v) is 7.18. The van der Waals surface area contributed by atoms with E-state index in [1.54, 1.807) is 6.92 Å². The Balaban J connectivity index is 1.36. The second-order valence-electron chi connectivity index (χ2n) is 10.7. The summed E-state index contributed by atoms with van der Waals surface area (Å²) in [6.45, 7) is 8.24. The largest absolute Gasteiger partial charge is 0.349 e. The van der Waals surface area contributed by atoms with E-state index in [-0.39, 0.29) is 22.8 Å². The van der Waals surface area contributed by atoms with Gasteiger partial charge in [0.05, 0.1) is 0 Å². The van der Waals surface area contributed by atoms with Crippen LogP contribution in [0, 0.1) is 17.8 Å². The van der Waals surface area contributed by atoms with E-state index < -0.39 is 6.04 Å². The average molecular weight is 383 g/mol. The minimum absolute atomic E-state index is 0.0147. The van der Waals surface area contributed by atoms with E-state index in [9.17, 15) is 9.59 Å². The zero-order chi connectivity index (χ0) is 20.1. The Kier molecular flexibility index (Phi) is 4.79. The number of benzene rings is 1. The van der Waals surface area contributed by atoms with E-state index >= 15 is 0 Å². The lowest BCUT2D eigenvalue weighted by molar-refractivity contribution is -0.128. The molecule has 0 spiro atoms. The molecule has 1 aromatic carbocycles. The summed E-state index contributed by atoms with van der Waals surface area (Å²) < 4.78 is 0. The maximum absolute atomic E-state index is 12.9. The SMILES string of the molecule is CC(NC(=O)c1ccc(C(C)(C)C)cc1)C(=O)NC12CC3CC(CC(C3)C1)C2. The fraction of sp³-hybridized carbons (Fsp3) is 0.667. The van der Waals surface area contributed by atoms with Crippen LogP contribution in [0.15, 0.2) is 24.3 Å². The normalized spacial score (nSPS) is 32.1. The predicted molar refractivity (Wildman–Crippen MR) is 111 cm³/mol. The van der Waals surface area contributed by atoms with Gasteiger partial charge in [-0.25, -0.2) is 0 Å². The second-order valence-corrected chi connectivity index (χ2v) is 10.7. The highest BCUT2D eigenvalue weighted by atomic mass is 16.2. The molecule has 2 N–H and O–H groups in total. The minimum atomic E-state index is -0.525. The van der Waals surface area contributed by atoms with Gasteiger partial charge >= 0.3 is 0 Å². The lowest BCUT2D eigenvalue weighted by Crippen LogP contribution is -2.62. The molecule has 0 aliphatic heterocycles. The molecule has 4 saturated carbocycles. The third-order valence-electron chi connectivity index (χ3n) is 7.18. The van der Waals surface area contributed by atoms with Crippen molar-refractivity contribution < 1.29 is 9.59 Å². The zero-order valence-electron chi connectivity index (χ0n) is 17.7. The van der Waals surface area contributed by atoms with E-state index in [0.29, 0.717) is 5.56 Å². The molecule has 2 amide bonds. The maximum Gasteiger partial charge on any atom is 0.251 e. The van der Waals surface area contributed by atoms with Gasteiger partial charge in [0.2, 0.25) is 5.91 Å². The number of hydrogen-bond acceptors (Lipinski definition) is 2. The molecular formula is C24H34N2O2. The monoisotopic (exact) mass is 382 g/mol. The first-order valence-electron chi connectivity index (χ1n) is 10.9. The Morgan fingerprint density at radius 1 is 0.964 bits per heavy atom. The summed E-state index contributed by atoms with van der Waals surface area (Å²) in [5.41, 5.74) is 1.83. The van der Waals surface area contributed by atoms with Gasteiger partial charge in [0, 0.05) is 11.1 Å². The summed E-state index contributed by atoms with van der Waals surface area (Å²) in [5, 5.41) is 6.24. The molecule has 4 aliphatic rings. The standard InChI is InChI=1S/C24H34N2O2/c1-15(25-22(28)19-5-7-20(8-6-19)23(2,3)4)21(27)26-24-12-16-9-17(13-24)11-18(10-16)14-24/h5-8,15-18H,9-14H2,1-4H3,(H,25,28)(H,26,27). The quantitative estimate of drug-likeness (QED) is 0.820. The van der Waals surface area contributed by atoms with Crippen molar-refractivity contribution in [2.75, 3.05) is 0 Å². The lowest BCUT2D eigenvalue weighted by Gasteiger charge is -2.57. The summed E-state index contributed by atoms with van der Waals surface area (Å²) >= 11 is 0. The highest BCUT2D eigenvalue weighted by Crippen LogP contribution is 2.55. The van der Waals surface area contributed by atoms with E-state index in [0.717, 1.165) is 37.0 Å². The molecule has 4 aliphatic carbocycles. The van der Waals surface area contributed by atoms with Gasteiger partial charge < -0.3 is 10.6 Å². The molecule has 152 valence electrons. The Morgan fingerprint density at radius 2 is 1.46 bits per heavy atom. The Bertz CT molecular complexity index is 725. The third kappa shape index (κ3) is 3.83. The zero-order valence-corrected chi connectivity index (χ0v) is 17.7. The van der Waals surface area contributed by atoms with Crippen molar-refractivity contribution in [2.24, 2.45) is 17.8 Å². The summed E-state index contributed by atoms with van der Waals surface area (Å²) in [4.78, 5) is 25.4.